The lowest BCUT2D eigenvalue weighted by atomic mass is 9.94. The van der Waals surface area contributed by atoms with Crippen molar-refractivity contribution in [3.05, 3.63) is 41.0 Å². The molecule has 0 radical (unpaired) electrons. The zero-order chi connectivity index (χ0) is 31.3. The minimum Gasteiger partial charge on any atom is -0.508 e. The summed E-state index contributed by atoms with van der Waals surface area (Å²) in [4.78, 5) is 12.8. The topological polar surface area (TPSA) is 245 Å². The number of phenolic OH excluding ortho intramolecular Hbond substituents is 3. The molecule has 2 aromatic rings. The molecule has 2 aromatic carbocycles. The fourth-order valence-electron chi connectivity index (χ4n) is 5.41. The number of phenols is 3. The van der Waals surface area contributed by atoms with Crippen molar-refractivity contribution in [3.8, 4) is 28.7 Å². The molecule has 3 heterocycles. The van der Waals surface area contributed by atoms with Crippen molar-refractivity contribution in [2.24, 2.45) is 0 Å². The number of aliphatic hydroxyl groups is 6. The van der Waals surface area contributed by atoms with Crippen molar-refractivity contribution in [3.63, 3.8) is 0 Å². The van der Waals surface area contributed by atoms with Gasteiger partial charge in [0.2, 0.25) is 6.29 Å². The minimum absolute atomic E-state index is 0.0274. The van der Waals surface area contributed by atoms with Gasteiger partial charge in [-0.05, 0) is 37.1 Å². The molecule has 0 saturated carbocycles. The summed E-state index contributed by atoms with van der Waals surface area (Å²) in [5.41, 5.74) is 0.633. The summed E-state index contributed by atoms with van der Waals surface area (Å²) in [5.74, 6) is -1.69. The number of hydrogen-bond donors (Lipinski definition) is 9. The average molecular weight is 611 g/mol. The molecule has 2 saturated heterocycles. The largest absolute Gasteiger partial charge is 0.508 e. The maximum absolute atomic E-state index is 12.8. The van der Waals surface area contributed by atoms with Crippen LogP contribution in [0.15, 0.2) is 24.3 Å². The van der Waals surface area contributed by atoms with Gasteiger partial charge in [0, 0.05) is 12.1 Å². The molecule has 9 N–H and O–H groups in total. The molecule has 15 nitrogen and oxygen atoms in total. The highest BCUT2D eigenvalue weighted by molar-refractivity contribution is 6.02. The minimum atomic E-state index is -1.76. The van der Waals surface area contributed by atoms with E-state index in [9.17, 15) is 50.8 Å². The molecule has 3 aliphatic rings. The predicted molar refractivity (Wildman–Crippen MR) is 141 cm³/mol. The van der Waals surface area contributed by atoms with Crippen LogP contribution in [0.1, 0.15) is 40.9 Å². The third-order valence-electron chi connectivity index (χ3n) is 7.80. The van der Waals surface area contributed by atoms with Gasteiger partial charge in [-0.25, -0.2) is 0 Å². The Labute approximate surface area is 244 Å². The zero-order valence-corrected chi connectivity index (χ0v) is 23.0. The van der Waals surface area contributed by atoms with E-state index in [-0.39, 0.29) is 35.0 Å². The Kier molecular flexibility index (Phi) is 8.72. The van der Waals surface area contributed by atoms with Crippen LogP contribution in [0.4, 0.5) is 0 Å². The first-order chi connectivity index (χ1) is 20.3. The summed E-state index contributed by atoms with van der Waals surface area (Å²) in [5, 5.41) is 92.0. The van der Waals surface area contributed by atoms with E-state index in [1.54, 1.807) is 13.0 Å². The van der Waals surface area contributed by atoms with E-state index >= 15 is 0 Å². The molecule has 43 heavy (non-hydrogen) atoms. The standard InChI is InChI=1S/C28H34O15/c1-9-3-11(15-7-14(32)19-13(31)5-12(30)6-16(19)40-15)4-17(20(9)33)41-27-25(38)23(36)26(10(2)39-27)43-28-24(37)22(35)21(34)18(8-29)42-28/h3-6,10,15,18,21-31,33-38H,7-8H2,1-2H3/t10-,15+,18-,21+,22-,23-,24+,25-,26+,27-,28+/m0/s1. The molecule has 11 atom stereocenters. The number of ketones is 1. The quantitative estimate of drug-likeness (QED) is 0.187. The first kappa shape index (κ1) is 31.2. The molecule has 2 fully saturated rings. The molecule has 0 spiro atoms. The summed E-state index contributed by atoms with van der Waals surface area (Å²) in [6.45, 7) is 2.33. The van der Waals surface area contributed by atoms with Crippen molar-refractivity contribution in [2.45, 2.75) is 87.8 Å². The van der Waals surface area contributed by atoms with Crippen LogP contribution in [0.5, 0.6) is 28.7 Å². The van der Waals surface area contributed by atoms with Gasteiger partial charge in [0.1, 0.15) is 71.6 Å². The van der Waals surface area contributed by atoms with Crippen LogP contribution in [-0.4, -0.2) is 120 Å². The first-order valence-corrected chi connectivity index (χ1v) is 13.5. The number of carbonyl (C=O) groups is 1. The predicted octanol–water partition coefficient (Wildman–Crippen LogP) is -1.15. The van der Waals surface area contributed by atoms with E-state index < -0.39 is 85.7 Å². The highest BCUT2D eigenvalue weighted by Crippen LogP contribution is 2.44. The van der Waals surface area contributed by atoms with Crippen LogP contribution in [0, 0.1) is 6.92 Å². The van der Waals surface area contributed by atoms with Crippen molar-refractivity contribution >= 4 is 5.78 Å². The van der Waals surface area contributed by atoms with Gasteiger partial charge in [-0.2, -0.15) is 0 Å². The fraction of sp³-hybridized carbons (Fsp3) is 0.536. The number of aliphatic hydroxyl groups excluding tert-OH is 6. The number of rotatable bonds is 6. The SMILES string of the molecule is Cc1cc([C@H]2CC(=O)c3c(O)cc(O)cc3O2)cc(O[C@@H]2O[C@@H](C)[C@@H](O[C@H]3O[C@@H](CO)[C@@H](O)[C@H](O)[C@H]3O)[C@@H](O)[C@@H]2O)c1O. The van der Waals surface area contributed by atoms with E-state index in [1.165, 1.54) is 19.1 Å². The second kappa shape index (κ2) is 12.0. The van der Waals surface area contributed by atoms with E-state index in [4.69, 9.17) is 23.7 Å². The lowest BCUT2D eigenvalue weighted by Gasteiger charge is -2.45. The van der Waals surface area contributed by atoms with Crippen molar-refractivity contribution in [1.82, 2.24) is 0 Å². The highest BCUT2D eigenvalue weighted by atomic mass is 16.7. The summed E-state index contributed by atoms with van der Waals surface area (Å²) in [6, 6.07) is 5.13. The normalized spacial score (nSPS) is 36.1. The molecule has 3 aliphatic heterocycles. The molecular weight excluding hydrogens is 576 g/mol. The zero-order valence-electron chi connectivity index (χ0n) is 23.0. The van der Waals surface area contributed by atoms with Gasteiger partial charge in [0.15, 0.2) is 23.6 Å². The number of benzene rings is 2. The van der Waals surface area contributed by atoms with Crippen LogP contribution in [-0.2, 0) is 14.2 Å². The van der Waals surface area contributed by atoms with E-state index in [0.29, 0.717) is 11.1 Å². The van der Waals surface area contributed by atoms with Gasteiger partial charge in [-0.3, -0.25) is 4.79 Å². The number of Topliss-reactive ketones (excluding diaryl/α,β-unsaturated/α-hetero) is 1. The van der Waals surface area contributed by atoms with Gasteiger partial charge in [0.25, 0.3) is 0 Å². The third kappa shape index (κ3) is 5.83. The van der Waals surface area contributed by atoms with Gasteiger partial charge < -0.3 is 69.6 Å². The monoisotopic (exact) mass is 610 g/mol. The Hall–Kier alpha value is -3.25. The van der Waals surface area contributed by atoms with E-state index in [2.05, 4.69) is 0 Å². The Morgan fingerprint density at radius 2 is 1.58 bits per heavy atom. The molecule has 0 amide bonds. The molecule has 15 heteroatoms. The number of ether oxygens (including phenoxy) is 5. The fourth-order valence-corrected chi connectivity index (χ4v) is 5.41. The lowest BCUT2D eigenvalue weighted by molar-refractivity contribution is -0.348. The summed E-state index contributed by atoms with van der Waals surface area (Å²) < 4.78 is 28.3. The number of aryl methyl sites for hydroxylation is 1. The molecule has 0 aromatic heterocycles. The van der Waals surface area contributed by atoms with Crippen LogP contribution in [0.2, 0.25) is 0 Å². The van der Waals surface area contributed by atoms with Gasteiger partial charge in [-0.15, -0.1) is 0 Å². The van der Waals surface area contributed by atoms with Crippen LogP contribution < -0.4 is 9.47 Å². The Balaban J connectivity index is 1.32. The van der Waals surface area contributed by atoms with Gasteiger partial charge >= 0.3 is 0 Å². The Morgan fingerprint density at radius 1 is 0.884 bits per heavy atom. The summed E-state index contributed by atoms with van der Waals surface area (Å²) >= 11 is 0. The molecule has 0 aliphatic carbocycles. The number of carbonyl (C=O) groups excluding carboxylic acids is 1. The number of fused-ring (bicyclic) bond motifs is 1. The Bertz CT molecular complexity index is 1350. The van der Waals surface area contributed by atoms with E-state index in [0.717, 1.165) is 6.07 Å². The number of hydrogen-bond acceptors (Lipinski definition) is 15. The second-order valence-electron chi connectivity index (χ2n) is 10.9. The smallest absolute Gasteiger partial charge is 0.229 e. The molecule has 0 unspecified atom stereocenters. The van der Waals surface area contributed by atoms with Crippen molar-refractivity contribution < 1.29 is 74.4 Å². The Morgan fingerprint density at radius 3 is 2.28 bits per heavy atom. The number of aromatic hydroxyl groups is 3. The highest BCUT2D eigenvalue weighted by Gasteiger charge is 2.50. The third-order valence-corrected chi connectivity index (χ3v) is 7.80. The molecule has 0 bridgehead atoms. The summed E-state index contributed by atoms with van der Waals surface area (Å²) in [7, 11) is 0. The maximum atomic E-state index is 12.8. The van der Waals surface area contributed by atoms with Crippen LogP contribution in [0.3, 0.4) is 0 Å². The second-order valence-corrected chi connectivity index (χ2v) is 10.9. The van der Waals surface area contributed by atoms with Gasteiger partial charge in [0.05, 0.1) is 19.1 Å². The van der Waals surface area contributed by atoms with Crippen LogP contribution >= 0.6 is 0 Å². The van der Waals surface area contributed by atoms with Crippen molar-refractivity contribution in [1.29, 1.82) is 0 Å². The molecular formula is C28H34O15. The molecule has 236 valence electrons. The molecule has 5 rings (SSSR count). The van der Waals surface area contributed by atoms with Gasteiger partial charge in [-0.1, -0.05) is 0 Å². The van der Waals surface area contributed by atoms with Crippen LogP contribution in [0.25, 0.3) is 0 Å². The van der Waals surface area contributed by atoms with Crippen molar-refractivity contribution in [2.75, 3.05) is 6.61 Å². The lowest BCUT2D eigenvalue weighted by Crippen LogP contribution is -2.64. The van der Waals surface area contributed by atoms with E-state index in [1.807, 2.05) is 0 Å². The summed E-state index contributed by atoms with van der Waals surface area (Å²) in [6.07, 6.45) is -16.3. The average Bonchev–Trinajstić information content (AvgIpc) is 2.95. The first-order valence-electron chi connectivity index (χ1n) is 13.5. The maximum Gasteiger partial charge on any atom is 0.229 e.